The van der Waals surface area contributed by atoms with Crippen LogP contribution < -0.4 is 0 Å². The first kappa shape index (κ1) is 17.2. The van der Waals surface area contributed by atoms with Crippen molar-refractivity contribution >= 4 is 5.97 Å². The molecular weight excluding hydrogens is 312 g/mol. The van der Waals surface area contributed by atoms with Gasteiger partial charge >= 0.3 is 5.97 Å². The molecule has 1 aromatic rings. The van der Waals surface area contributed by atoms with Crippen LogP contribution in [-0.2, 0) is 16.0 Å². The van der Waals surface area contributed by atoms with Crippen molar-refractivity contribution in [1.82, 2.24) is 0 Å². The zero-order valence-electron chi connectivity index (χ0n) is 16.3. The van der Waals surface area contributed by atoms with Crippen molar-refractivity contribution in [2.75, 3.05) is 0 Å². The van der Waals surface area contributed by atoms with Gasteiger partial charge in [-0.05, 0) is 59.5 Å². The molecule has 2 fully saturated rings. The summed E-state index contributed by atoms with van der Waals surface area (Å²) in [5.41, 5.74) is 1.80. The van der Waals surface area contributed by atoms with Crippen LogP contribution in [-0.4, -0.2) is 12.1 Å². The van der Waals surface area contributed by atoms with E-state index in [4.69, 9.17) is 9.15 Å². The van der Waals surface area contributed by atoms with Crippen LogP contribution in [0.25, 0.3) is 0 Å². The minimum absolute atomic E-state index is 0.0509. The van der Waals surface area contributed by atoms with Gasteiger partial charge in [0.15, 0.2) is 0 Å². The quantitative estimate of drug-likeness (QED) is 0.646. The summed E-state index contributed by atoms with van der Waals surface area (Å²) in [6.45, 7) is 11.2. The Bertz CT molecular complexity index is 673. The SMILES string of the molecule is CC(=O)O[C@H]1C[C@H]2[C@@H](C)c3ccoc3C[C@@H]2[C@@]2(C)CCCC(C)(C)[C@H]12. The van der Waals surface area contributed by atoms with Crippen molar-refractivity contribution in [1.29, 1.82) is 0 Å². The zero-order chi connectivity index (χ0) is 18.0. The molecule has 3 heteroatoms. The monoisotopic (exact) mass is 344 g/mol. The van der Waals surface area contributed by atoms with E-state index in [1.807, 2.05) is 6.26 Å². The number of rotatable bonds is 1. The Morgan fingerprint density at radius 1 is 1.28 bits per heavy atom. The van der Waals surface area contributed by atoms with E-state index in [9.17, 15) is 4.79 Å². The molecule has 3 aliphatic rings. The number of esters is 1. The molecule has 0 unspecified atom stereocenters. The van der Waals surface area contributed by atoms with Crippen molar-refractivity contribution in [2.45, 2.75) is 78.7 Å². The summed E-state index contributed by atoms with van der Waals surface area (Å²) in [7, 11) is 0. The number of hydrogen-bond acceptors (Lipinski definition) is 3. The number of carbonyl (C=O) groups is 1. The molecule has 4 rings (SSSR count). The van der Waals surface area contributed by atoms with E-state index in [-0.39, 0.29) is 22.9 Å². The molecule has 3 aliphatic carbocycles. The van der Waals surface area contributed by atoms with E-state index in [0.717, 1.165) is 12.8 Å². The topological polar surface area (TPSA) is 39.4 Å². The van der Waals surface area contributed by atoms with Crippen LogP contribution in [0.1, 0.15) is 77.5 Å². The lowest BCUT2D eigenvalue weighted by Gasteiger charge is -2.63. The Morgan fingerprint density at radius 2 is 2.04 bits per heavy atom. The van der Waals surface area contributed by atoms with Gasteiger partial charge < -0.3 is 9.15 Å². The molecule has 0 aliphatic heterocycles. The van der Waals surface area contributed by atoms with Gasteiger partial charge in [0.2, 0.25) is 0 Å². The first-order valence-corrected chi connectivity index (χ1v) is 9.97. The lowest BCUT2D eigenvalue weighted by Crippen LogP contribution is -2.60. The van der Waals surface area contributed by atoms with E-state index in [0.29, 0.717) is 23.7 Å². The minimum Gasteiger partial charge on any atom is -0.469 e. The Hall–Kier alpha value is -1.25. The van der Waals surface area contributed by atoms with Crippen molar-refractivity contribution in [3.05, 3.63) is 23.7 Å². The fourth-order valence-electron chi connectivity index (χ4n) is 7.15. The van der Waals surface area contributed by atoms with Gasteiger partial charge in [-0.2, -0.15) is 0 Å². The van der Waals surface area contributed by atoms with Crippen LogP contribution >= 0.6 is 0 Å². The van der Waals surface area contributed by atoms with Gasteiger partial charge in [0, 0.05) is 19.3 Å². The molecule has 0 radical (unpaired) electrons. The van der Waals surface area contributed by atoms with Crippen LogP contribution in [0.5, 0.6) is 0 Å². The second kappa shape index (κ2) is 5.62. The Balaban J connectivity index is 1.79. The molecule has 1 aromatic heterocycles. The highest BCUT2D eigenvalue weighted by atomic mass is 16.5. The van der Waals surface area contributed by atoms with Crippen molar-refractivity contribution in [2.24, 2.45) is 28.6 Å². The highest BCUT2D eigenvalue weighted by molar-refractivity contribution is 5.66. The van der Waals surface area contributed by atoms with Crippen LogP contribution in [0.15, 0.2) is 16.7 Å². The maximum Gasteiger partial charge on any atom is 0.302 e. The number of hydrogen-bond donors (Lipinski definition) is 0. The van der Waals surface area contributed by atoms with E-state index >= 15 is 0 Å². The average molecular weight is 344 g/mol. The molecule has 0 amide bonds. The molecule has 0 N–H and O–H groups in total. The largest absolute Gasteiger partial charge is 0.469 e. The fourth-order valence-corrected chi connectivity index (χ4v) is 7.15. The molecule has 6 atom stereocenters. The van der Waals surface area contributed by atoms with Gasteiger partial charge in [0.05, 0.1) is 6.26 Å². The van der Waals surface area contributed by atoms with E-state index in [1.165, 1.54) is 30.6 Å². The average Bonchev–Trinajstić information content (AvgIpc) is 2.96. The highest BCUT2D eigenvalue weighted by Gasteiger charge is 2.61. The third-order valence-corrected chi connectivity index (χ3v) is 7.96. The summed E-state index contributed by atoms with van der Waals surface area (Å²) < 4.78 is 11.8. The molecule has 0 aromatic carbocycles. The molecule has 25 heavy (non-hydrogen) atoms. The van der Waals surface area contributed by atoms with E-state index in [2.05, 4.69) is 33.8 Å². The Labute approximate surface area is 151 Å². The number of ether oxygens (including phenoxy) is 1. The Morgan fingerprint density at radius 3 is 2.76 bits per heavy atom. The molecular formula is C22H32O3. The standard InChI is InChI=1S/C22H32O3/c1-13-15-7-10-24-18(15)12-17-16(13)11-19(25-14(2)23)20-21(3,4)8-6-9-22(17,20)5/h7,10,13,16-17,19-20H,6,8-9,11-12H2,1-5H3/t13-,16-,17-,19-,20-,22+/m0/s1. The smallest absolute Gasteiger partial charge is 0.302 e. The Kier molecular flexibility index (Phi) is 3.86. The summed E-state index contributed by atoms with van der Waals surface area (Å²) in [6.07, 6.45) is 7.69. The second-order valence-electron chi connectivity index (χ2n) is 9.77. The molecule has 138 valence electrons. The van der Waals surface area contributed by atoms with E-state index in [1.54, 1.807) is 6.92 Å². The third-order valence-electron chi connectivity index (χ3n) is 7.96. The van der Waals surface area contributed by atoms with E-state index < -0.39 is 0 Å². The third kappa shape index (κ3) is 2.49. The van der Waals surface area contributed by atoms with Gasteiger partial charge in [-0.15, -0.1) is 0 Å². The highest BCUT2D eigenvalue weighted by Crippen LogP contribution is 2.65. The van der Waals surface area contributed by atoms with Crippen LogP contribution in [0.4, 0.5) is 0 Å². The lowest BCUT2D eigenvalue weighted by atomic mass is 9.43. The molecule has 0 bridgehead atoms. The normalized spacial score (nSPS) is 42.0. The van der Waals surface area contributed by atoms with Crippen molar-refractivity contribution < 1.29 is 13.9 Å². The lowest BCUT2D eigenvalue weighted by molar-refractivity contribution is -0.191. The summed E-state index contributed by atoms with van der Waals surface area (Å²) in [4.78, 5) is 11.9. The summed E-state index contributed by atoms with van der Waals surface area (Å²) >= 11 is 0. The molecule has 3 nitrogen and oxygen atoms in total. The summed E-state index contributed by atoms with van der Waals surface area (Å²) in [6, 6.07) is 2.15. The summed E-state index contributed by atoms with van der Waals surface area (Å²) in [5, 5.41) is 0. The maximum absolute atomic E-state index is 11.9. The van der Waals surface area contributed by atoms with Crippen molar-refractivity contribution in [3.8, 4) is 0 Å². The molecule has 0 saturated heterocycles. The van der Waals surface area contributed by atoms with Gasteiger partial charge in [0.25, 0.3) is 0 Å². The molecule has 1 heterocycles. The van der Waals surface area contributed by atoms with Crippen LogP contribution in [0, 0.1) is 28.6 Å². The zero-order valence-corrected chi connectivity index (χ0v) is 16.3. The first-order valence-electron chi connectivity index (χ1n) is 9.97. The molecule has 2 saturated carbocycles. The number of carbonyl (C=O) groups excluding carboxylic acids is 1. The van der Waals surface area contributed by atoms with Crippen molar-refractivity contribution in [3.63, 3.8) is 0 Å². The number of furan rings is 1. The van der Waals surface area contributed by atoms with Gasteiger partial charge in [-0.3, -0.25) is 4.79 Å². The predicted octanol–water partition coefficient (Wildman–Crippen LogP) is 5.34. The van der Waals surface area contributed by atoms with Gasteiger partial charge in [0.1, 0.15) is 11.9 Å². The second-order valence-corrected chi connectivity index (χ2v) is 9.77. The van der Waals surface area contributed by atoms with Crippen LogP contribution in [0.2, 0.25) is 0 Å². The number of fused-ring (bicyclic) bond motifs is 4. The maximum atomic E-state index is 11.9. The predicted molar refractivity (Wildman–Crippen MR) is 97.2 cm³/mol. The van der Waals surface area contributed by atoms with Gasteiger partial charge in [-0.1, -0.05) is 34.1 Å². The fraction of sp³-hybridized carbons (Fsp3) is 0.773. The molecule has 0 spiro atoms. The summed E-state index contributed by atoms with van der Waals surface area (Å²) in [5.74, 6) is 3.18. The van der Waals surface area contributed by atoms with Crippen LogP contribution in [0.3, 0.4) is 0 Å². The van der Waals surface area contributed by atoms with Gasteiger partial charge in [-0.25, -0.2) is 0 Å². The first-order chi connectivity index (χ1) is 11.7. The minimum atomic E-state index is -0.125.